The number of halogens is 4. The van der Waals surface area contributed by atoms with Crippen LogP contribution in [-0.4, -0.2) is 6.18 Å². The van der Waals surface area contributed by atoms with Crippen molar-refractivity contribution in [1.82, 2.24) is 0 Å². The van der Waals surface area contributed by atoms with E-state index >= 15 is 0 Å². The van der Waals surface area contributed by atoms with E-state index in [2.05, 4.69) is 6.58 Å². The zero-order valence-corrected chi connectivity index (χ0v) is 6.05. The first-order valence-electron chi connectivity index (χ1n) is 2.45. The lowest BCUT2D eigenvalue weighted by molar-refractivity contribution is -0.0885. The summed E-state index contributed by atoms with van der Waals surface area (Å²) in [6.45, 7) is 4.16. The lowest BCUT2D eigenvalue weighted by Crippen LogP contribution is -2.10. The van der Waals surface area contributed by atoms with E-state index in [9.17, 15) is 13.2 Å². The summed E-state index contributed by atoms with van der Waals surface area (Å²) in [5.41, 5.74) is -0.880. The van der Waals surface area contributed by atoms with Crippen molar-refractivity contribution in [2.45, 2.75) is 13.1 Å². The Balaban J connectivity index is 4.71. The molecule has 0 spiro atoms. The van der Waals surface area contributed by atoms with Gasteiger partial charge in [0.2, 0.25) is 0 Å². The molecule has 0 heterocycles. The normalized spacial score (nSPS) is 14.5. The first-order valence-corrected chi connectivity index (χ1v) is 2.83. The fraction of sp³-hybridized carbons (Fsp3) is 0.333. The minimum atomic E-state index is -4.38. The third-order valence-electron chi connectivity index (χ3n) is 0.881. The minimum Gasteiger partial charge on any atom is -0.166 e. The largest absolute Gasteiger partial charge is 0.417 e. The van der Waals surface area contributed by atoms with Gasteiger partial charge in [-0.2, -0.15) is 13.2 Å². The molecule has 0 radical (unpaired) electrons. The Bertz CT molecular complexity index is 162. The van der Waals surface area contributed by atoms with E-state index in [1.54, 1.807) is 0 Å². The van der Waals surface area contributed by atoms with Crippen molar-refractivity contribution in [2.75, 3.05) is 0 Å². The molecular weight excluding hydrogens is 165 g/mol. The van der Waals surface area contributed by atoms with Crippen LogP contribution in [0.3, 0.4) is 0 Å². The first kappa shape index (κ1) is 9.56. The summed E-state index contributed by atoms with van der Waals surface area (Å²) < 4.78 is 35.3. The third-order valence-corrected chi connectivity index (χ3v) is 1.08. The van der Waals surface area contributed by atoms with Crippen molar-refractivity contribution in [3.8, 4) is 0 Å². The Morgan fingerprint density at radius 2 is 1.90 bits per heavy atom. The van der Waals surface area contributed by atoms with Crippen molar-refractivity contribution >= 4 is 11.6 Å². The van der Waals surface area contributed by atoms with E-state index in [0.717, 1.165) is 0 Å². The molecule has 0 N–H and O–H groups in total. The van der Waals surface area contributed by atoms with Gasteiger partial charge in [0.1, 0.15) is 0 Å². The van der Waals surface area contributed by atoms with Crippen LogP contribution in [0.25, 0.3) is 0 Å². The van der Waals surface area contributed by atoms with E-state index in [0.29, 0.717) is 6.08 Å². The molecule has 4 heteroatoms. The number of rotatable bonds is 1. The Kier molecular flexibility index (Phi) is 2.96. The van der Waals surface area contributed by atoms with Crippen LogP contribution in [0.1, 0.15) is 6.92 Å². The third kappa shape index (κ3) is 2.43. The number of hydrogen-bond donors (Lipinski definition) is 0. The molecule has 0 rings (SSSR count). The summed E-state index contributed by atoms with van der Waals surface area (Å²) in [6, 6.07) is 0. The van der Waals surface area contributed by atoms with Crippen LogP contribution < -0.4 is 0 Å². The van der Waals surface area contributed by atoms with Gasteiger partial charge in [0.15, 0.2) is 0 Å². The lowest BCUT2D eigenvalue weighted by Gasteiger charge is -2.06. The Morgan fingerprint density at radius 3 is 1.90 bits per heavy atom. The summed E-state index contributed by atoms with van der Waals surface area (Å²) in [5, 5.41) is -0.289. The Morgan fingerprint density at radius 1 is 1.50 bits per heavy atom. The second kappa shape index (κ2) is 3.10. The van der Waals surface area contributed by atoms with Crippen LogP contribution in [0.2, 0.25) is 0 Å². The van der Waals surface area contributed by atoms with Gasteiger partial charge >= 0.3 is 6.18 Å². The molecule has 0 aromatic rings. The highest BCUT2D eigenvalue weighted by Gasteiger charge is 2.32. The maximum Gasteiger partial charge on any atom is 0.417 e. The van der Waals surface area contributed by atoms with Gasteiger partial charge in [0.25, 0.3) is 0 Å². The van der Waals surface area contributed by atoms with Crippen LogP contribution >= 0.6 is 11.6 Å². The quantitative estimate of drug-likeness (QED) is 0.530. The van der Waals surface area contributed by atoms with Crippen molar-refractivity contribution in [1.29, 1.82) is 0 Å². The molecule has 0 atom stereocenters. The van der Waals surface area contributed by atoms with Gasteiger partial charge in [0, 0.05) is 5.03 Å². The number of hydrogen-bond acceptors (Lipinski definition) is 0. The van der Waals surface area contributed by atoms with E-state index in [1.165, 1.54) is 6.92 Å². The van der Waals surface area contributed by atoms with Gasteiger partial charge in [-0.3, -0.25) is 0 Å². The van der Waals surface area contributed by atoms with Crippen LogP contribution in [0, 0.1) is 0 Å². The highest BCUT2D eigenvalue weighted by molar-refractivity contribution is 6.29. The summed E-state index contributed by atoms with van der Waals surface area (Å²) in [7, 11) is 0. The highest BCUT2D eigenvalue weighted by Crippen LogP contribution is 2.29. The summed E-state index contributed by atoms with van der Waals surface area (Å²) >= 11 is 5.12. The molecule has 0 unspecified atom stereocenters. The van der Waals surface area contributed by atoms with E-state index in [4.69, 9.17) is 11.6 Å². The van der Waals surface area contributed by atoms with Gasteiger partial charge in [0.05, 0.1) is 5.57 Å². The SMILES string of the molecule is C=C/C(=C(\C)Cl)C(F)(F)F. The predicted molar refractivity (Wildman–Crippen MR) is 34.8 cm³/mol. The monoisotopic (exact) mass is 170 g/mol. The van der Waals surface area contributed by atoms with Crippen LogP contribution in [-0.2, 0) is 0 Å². The molecule has 0 fully saturated rings. The van der Waals surface area contributed by atoms with Crippen LogP contribution in [0.15, 0.2) is 23.3 Å². The number of alkyl halides is 3. The molecule has 0 aliphatic rings. The summed E-state index contributed by atoms with van der Waals surface area (Å²) in [4.78, 5) is 0. The smallest absolute Gasteiger partial charge is 0.166 e. The fourth-order valence-corrected chi connectivity index (χ4v) is 0.636. The van der Waals surface area contributed by atoms with Crippen molar-refractivity contribution < 1.29 is 13.2 Å². The molecule has 58 valence electrons. The molecular formula is C6H6ClF3. The molecule has 0 nitrogen and oxygen atoms in total. The molecule has 0 aromatic carbocycles. The van der Waals surface area contributed by atoms with E-state index in [1.807, 2.05) is 0 Å². The summed E-state index contributed by atoms with van der Waals surface area (Å²) in [6.07, 6.45) is -3.68. The van der Waals surface area contributed by atoms with Gasteiger partial charge in [-0.25, -0.2) is 0 Å². The van der Waals surface area contributed by atoms with Crippen molar-refractivity contribution in [3.05, 3.63) is 23.3 Å². The summed E-state index contributed by atoms with van der Waals surface area (Å²) in [5.74, 6) is 0. The molecule has 0 aromatic heterocycles. The molecule has 0 saturated heterocycles. The van der Waals surface area contributed by atoms with Crippen LogP contribution in [0.5, 0.6) is 0 Å². The molecule has 0 bridgehead atoms. The van der Waals surface area contributed by atoms with Gasteiger partial charge in [-0.1, -0.05) is 24.3 Å². The zero-order valence-electron chi connectivity index (χ0n) is 5.30. The predicted octanol–water partition coefficient (Wildman–Crippen LogP) is 3.25. The van der Waals surface area contributed by atoms with Gasteiger partial charge in [-0.05, 0) is 6.92 Å². The molecule has 0 aliphatic heterocycles. The van der Waals surface area contributed by atoms with Crippen molar-refractivity contribution in [3.63, 3.8) is 0 Å². The minimum absolute atomic E-state index is 0.289. The molecule has 0 saturated carbocycles. The van der Waals surface area contributed by atoms with E-state index in [-0.39, 0.29) is 5.03 Å². The molecule has 0 aliphatic carbocycles. The second-order valence-corrected chi connectivity index (χ2v) is 2.22. The lowest BCUT2D eigenvalue weighted by atomic mass is 10.2. The average Bonchev–Trinajstić information content (AvgIpc) is 1.60. The van der Waals surface area contributed by atoms with E-state index < -0.39 is 11.7 Å². The maximum absolute atomic E-state index is 11.8. The Labute approximate surface area is 62.0 Å². The highest BCUT2D eigenvalue weighted by atomic mass is 35.5. The zero-order chi connectivity index (χ0) is 8.36. The van der Waals surface area contributed by atoms with Crippen LogP contribution in [0.4, 0.5) is 13.2 Å². The average molecular weight is 171 g/mol. The maximum atomic E-state index is 11.8. The number of allylic oxidation sites excluding steroid dienone is 3. The molecule has 0 amide bonds. The first-order chi connectivity index (χ1) is 4.39. The molecule has 10 heavy (non-hydrogen) atoms. The second-order valence-electron chi connectivity index (χ2n) is 1.65. The van der Waals surface area contributed by atoms with Gasteiger partial charge in [-0.15, -0.1) is 0 Å². The topological polar surface area (TPSA) is 0 Å². The van der Waals surface area contributed by atoms with Crippen molar-refractivity contribution in [2.24, 2.45) is 0 Å². The van der Waals surface area contributed by atoms with Gasteiger partial charge < -0.3 is 0 Å². The fourth-order valence-electron chi connectivity index (χ4n) is 0.452. The standard InChI is InChI=1S/C6H6ClF3/c1-3-5(4(2)7)6(8,9)10/h3H,1H2,2H3/b5-4-. The Hall–Kier alpha value is -0.440.